The summed E-state index contributed by atoms with van der Waals surface area (Å²) in [7, 11) is 0. The molecule has 0 radical (unpaired) electrons. The topological polar surface area (TPSA) is 26.3 Å². The molecule has 145 heavy (non-hydrogen) atoms. The van der Waals surface area contributed by atoms with E-state index in [1.165, 1.54) is 176 Å². The van der Waals surface area contributed by atoms with Gasteiger partial charge in [-0.25, -0.2) is 0 Å². The van der Waals surface area contributed by atoms with Crippen molar-refractivity contribution in [2.75, 3.05) is 0 Å². The zero-order valence-corrected chi connectivity index (χ0v) is 95.4. The zero-order chi connectivity index (χ0) is 98.6. The molecule has 0 atom stereocenters. The second-order valence-corrected chi connectivity index (χ2v) is 49.2. The molecular formula is C124H62Br7Cl7O2S5. The van der Waals surface area contributed by atoms with E-state index >= 15 is 0 Å². The number of thiophene rings is 5. The van der Waals surface area contributed by atoms with Crippen molar-refractivity contribution in [2.45, 2.75) is 0 Å². The van der Waals surface area contributed by atoms with Gasteiger partial charge < -0.3 is 8.83 Å². The average molecular weight is 2550 g/mol. The molecule has 2 nitrogen and oxygen atoms in total. The van der Waals surface area contributed by atoms with Gasteiger partial charge in [0.25, 0.3) is 0 Å². The van der Waals surface area contributed by atoms with Crippen LogP contribution in [-0.4, -0.2) is 0 Å². The van der Waals surface area contributed by atoms with Crippen molar-refractivity contribution in [3.8, 4) is 0 Å². The highest BCUT2D eigenvalue weighted by molar-refractivity contribution is 9.11. The normalized spacial score (nSPS) is 11.8. The fraction of sp³-hybridized carbons (Fsp3) is 0. The molecule has 21 heteroatoms. The third kappa shape index (κ3) is 17.1. The smallest absolute Gasteiger partial charge is 0.154 e. The van der Waals surface area contributed by atoms with E-state index in [1.807, 2.05) is 137 Å². The Bertz CT molecular complexity index is 10400. The van der Waals surface area contributed by atoms with Crippen LogP contribution in [0.2, 0.25) is 35.2 Å². The van der Waals surface area contributed by atoms with Gasteiger partial charge in [-0.15, -0.1) is 56.7 Å². The molecule has 0 saturated carbocycles. The molecule has 7 aromatic heterocycles. The molecule has 698 valence electrons. The molecule has 0 unspecified atom stereocenters. The minimum Gasteiger partial charge on any atom is -0.455 e. The lowest BCUT2D eigenvalue weighted by atomic mass is 10.0. The van der Waals surface area contributed by atoms with Crippen LogP contribution >= 0.6 is 249 Å². The quantitative estimate of drug-likeness (QED) is 0.151. The van der Waals surface area contributed by atoms with Crippen molar-refractivity contribution in [1.29, 1.82) is 0 Å². The minimum absolute atomic E-state index is 0.647. The van der Waals surface area contributed by atoms with Crippen LogP contribution in [0, 0.1) is 0 Å². The van der Waals surface area contributed by atoms with Crippen LogP contribution in [0.3, 0.4) is 0 Å². The highest BCUT2D eigenvalue weighted by Gasteiger charge is 2.24. The van der Waals surface area contributed by atoms with Gasteiger partial charge in [0, 0.05) is 207 Å². The summed E-state index contributed by atoms with van der Waals surface area (Å²) in [5.74, 6) is 0. The van der Waals surface area contributed by atoms with Crippen LogP contribution in [0.25, 0.3) is 252 Å². The maximum Gasteiger partial charge on any atom is 0.154 e. The molecule has 31 aromatic rings. The maximum absolute atomic E-state index is 6.65. The van der Waals surface area contributed by atoms with Crippen molar-refractivity contribution in [1.82, 2.24) is 0 Å². The molecular weight excluding hydrogens is 2490 g/mol. The number of hydrogen-bond donors (Lipinski definition) is 0. The average Bonchev–Trinajstić information content (AvgIpc) is 1.59. The fourth-order valence-corrected chi connectivity index (χ4v) is 32.5. The lowest BCUT2D eigenvalue weighted by Gasteiger charge is -2.04. The molecule has 0 aliphatic heterocycles. The Morgan fingerprint density at radius 3 is 1.11 bits per heavy atom. The molecule has 0 fully saturated rings. The molecule has 0 aliphatic rings. The Labute approximate surface area is 941 Å². The van der Waals surface area contributed by atoms with Crippen LogP contribution < -0.4 is 0 Å². The van der Waals surface area contributed by atoms with Gasteiger partial charge in [0.2, 0.25) is 0 Å². The van der Waals surface area contributed by atoms with Crippen molar-refractivity contribution in [2.24, 2.45) is 0 Å². The Kier molecular flexibility index (Phi) is 26.1. The highest BCUT2D eigenvalue weighted by atomic mass is 79.9. The Morgan fingerprint density at radius 1 is 0.159 bits per heavy atom. The van der Waals surface area contributed by atoms with Crippen molar-refractivity contribution < 1.29 is 8.83 Å². The number of benzene rings is 24. The van der Waals surface area contributed by atoms with Gasteiger partial charge >= 0.3 is 0 Å². The highest BCUT2D eigenvalue weighted by Crippen LogP contribution is 2.53. The van der Waals surface area contributed by atoms with Gasteiger partial charge in [-0.1, -0.05) is 422 Å². The van der Waals surface area contributed by atoms with Crippen molar-refractivity contribution >= 4 is 502 Å². The molecule has 0 bridgehead atoms. The van der Waals surface area contributed by atoms with Crippen LogP contribution in [-0.2, 0) is 0 Å². The van der Waals surface area contributed by atoms with Gasteiger partial charge in [-0.05, 0) is 217 Å². The first-order chi connectivity index (χ1) is 70.7. The summed E-state index contributed by atoms with van der Waals surface area (Å²) in [4.78, 5) is 0. The first-order valence-corrected chi connectivity index (χ1v) is 58.0. The van der Waals surface area contributed by atoms with Crippen molar-refractivity contribution in [3.05, 3.63) is 443 Å². The third-order valence-electron chi connectivity index (χ3n) is 26.7. The van der Waals surface area contributed by atoms with Gasteiger partial charge in [0.15, 0.2) is 5.58 Å². The number of hydrogen-bond acceptors (Lipinski definition) is 7. The summed E-state index contributed by atoms with van der Waals surface area (Å²) >= 11 is 79.2. The lowest BCUT2D eigenvalue weighted by Crippen LogP contribution is -1.77. The van der Waals surface area contributed by atoms with Gasteiger partial charge in [0.05, 0.1) is 19.4 Å². The molecule has 0 saturated heterocycles. The van der Waals surface area contributed by atoms with E-state index in [-0.39, 0.29) is 0 Å². The van der Waals surface area contributed by atoms with Crippen LogP contribution in [0.15, 0.2) is 416 Å². The number of fused-ring (bicyclic) bond motifs is 41. The predicted molar refractivity (Wildman–Crippen MR) is 668 cm³/mol. The molecule has 7 heterocycles. The summed E-state index contributed by atoms with van der Waals surface area (Å²) in [6, 6.07) is 130. The van der Waals surface area contributed by atoms with Gasteiger partial charge in [-0.2, -0.15) is 0 Å². The van der Waals surface area contributed by atoms with Crippen LogP contribution in [0.5, 0.6) is 0 Å². The standard InChI is InChI=1S/C20H10BrClO.2C20H10BrClS.C16H8BrClO.3C16H8BrClS/c2*21-17-9-15-16-10-18(22)12-6-2-4-8-14(12)20(16)23-19(15)13-7-3-1-5-11(13)17;21-16-10-15-18-17(22)9-11-5-1-2-6-12(11)20(18)23-19(15)14-8-4-3-7-13(14)16;17-12-8-14-15(10-5-2-1-4-9(10)12)11-6-3-7-13(18)16(11)19-14;17-13-8-15-16(11-4-2-1-3-10(11)13)12-7-9(18)5-6-14(12)19-15;17-13-7-9-3-1-2-4-11(9)15-12-8-10(18)5-6-14(12)19-16(13)15;17-13-7-9-3-1-2-4-11(9)15-12-6-5-10(18)8-14(12)19-16(13)15/h3*1-10H;4*1-8H. The predicted octanol–water partition coefficient (Wildman–Crippen LogP) is 48.9. The Morgan fingerprint density at radius 2 is 0.531 bits per heavy atom. The van der Waals surface area contributed by atoms with Gasteiger partial charge in [-0.3, -0.25) is 0 Å². The molecule has 0 N–H and O–H groups in total. The SMILES string of the molecule is Clc1cc2c3cc(Br)c4ccccc4c3oc2c2ccccc12.Clc1cc2c3cc(Br)c4ccccc4c3sc2c2ccccc12.Clc1cc2ccccc2c2sc3c4ccccc4c(Br)cc3c12.Clc1ccc2c(c1)sc1c(Br)cc3ccccc3c12.Clc1ccc2sc3c(Br)cc4ccccc4c3c2c1.Clc1ccc2sc3cc(Br)c4ccccc4c3c2c1.Clc1cccc2c1oc1cc(Br)c3ccccc3c12. The second kappa shape index (κ2) is 39.5. The number of halogens is 14. The van der Waals surface area contributed by atoms with Crippen LogP contribution in [0.4, 0.5) is 0 Å². The molecule has 0 amide bonds. The Hall–Kier alpha value is -10.0. The first-order valence-electron chi connectivity index (χ1n) is 45.8. The van der Waals surface area contributed by atoms with E-state index in [9.17, 15) is 0 Å². The lowest BCUT2D eigenvalue weighted by molar-refractivity contribution is 0.669. The summed E-state index contributed by atoms with van der Waals surface area (Å²) in [5.41, 5.74) is 3.41. The minimum atomic E-state index is 0.647. The molecule has 24 aromatic carbocycles. The van der Waals surface area contributed by atoms with Crippen molar-refractivity contribution in [3.63, 3.8) is 0 Å². The van der Waals surface area contributed by atoms with E-state index < -0.39 is 0 Å². The zero-order valence-electron chi connectivity index (χ0n) is 74.9. The first kappa shape index (κ1) is 95.9. The summed E-state index contributed by atoms with van der Waals surface area (Å²) < 4.78 is 32.9. The molecule has 0 spiro atoms. The molecule has 31 rings (SSSR count). The van der Waals surface area contributed by atoms with E-state index in [1.54, 1.807) is 22.7 Å². The number of furan rings is 2. The summed E-state index contributed by atoms with van der Waals surface area (Å²) in [5, 5.41) is 46.5. The largest absolute Gasteiger partial charge is 0.455 e. The Balaban J connectivity index is 0.0000000886. The fourth-order valence-electron chi connectivity index (χ4n) is 20.3. The van der Waals surface area contributed by atoms with E-state index in [0.717, 1.165) is 138 Å². The maximum atomic E-state index is 6.65. The van der Waals surface area contributed by atoms with E-state index in [2.05, 4.69) is 384 Å². The van der Waals surface area contributed by atoms with Crippen LogP contribution in [0.1, 0.15) is 0 Å². The third-order valence-corrected chi connectivity index (χ3v) is 39.7. The number of rotatable bonds is 0. The van der Waals surface area contributed by atoms with E-state index in [4.69, 9.17) is 90.0 Å². The second-order valence-electron chi connectivity index (χ2n) is 35.1. The van der Waals surface area contributed by atoms with E-state index in [0.29, 0.717) is 5.02 Å². The number of para-hydroxylation sites is 1. The summed E-state index contributed by atoms with van der Waals surface area (Å²) in [6.07, 6.45) is 0. The summed E-state index contributed by atoms with van der Waals surface area (Å²) in [6.45, 7) is 0. The monoisotopic (exact) mass is 2540 g/mol. The molecule has 0 aliphatic carbocycles. The van der Waals surface area contributed by atoms with Gasteiger partial charge in [0.1, 0.15) is 16.7 Å².